The van der Waals surface area contributed by atoms with Crippen molar-refractivity contribution >= 4 is 22.5 Å². The molecule has 1 fully saturated rings. The molecule has 2 aromatic carbocycles. The third kappa shape index (κ3) is 4.84. The van der Waals surface area contributed by atoms with E-state index in [1.54, 1.807) is 58.0 Å². The van der Waals surface area contributed by atoms with Crippen molar-refractivity contribution in [2.45, 2.75) is 50.4 Å². The minimum absolute atomic E-state index is 0.0687. The zero-order valence-electron chi connectivity index (χ0n) is 24.3. The van der Waals surface area contributed by atoms with Gasteiger partial charge in [0.25, 0.3) is 0 Å². The zero-order valence-corrected chi connectivity index (χ0v) is 24.3. The minimum atomic E-state index is -1.09. The first kappa shape index (κ1) is 27.7. The van der Waals surface area contributed by atoms with Gasteiger partial charge in [-0.25, -0.2) is 9.97 Å². The molecule has 42 heavy (non-hydrogen) atoms. The Balaban J connectivity index is 1.33. The Hall–Kier alpha value is -4.48. The SMILES string of the molecule is COc1ccc(CNc2nc3c(OC)cccc3c3nc(C4CC(O)(c5ccc(C(C)(C)O)cn5)C4)nn23)c(OC)c1. The maximum Gasteiger partial charge on any atom is 0.226 e. The summed E-state index contributed by atoms with van der Waals surface area (Å²) in [5.74, 6) is 3.07. The fourth-order valence-electron chi connectivity index (χ4n) is 5.42. The van der Waals surface area contributed by atoms with Crippen molar-refractivity contribution < 1.29 is 24.4 Å². The highest BCUT2D eigenvalue weighted by molar-refractivity contribution is 5.96. The van der Waals surface area contributed by atoms with Gasteiger partial charge < -0.3 is 29.7 Å². The van der Waals surface area contributed by atoms with Crippen molar-refractivity contribution in [3.63, 3.8) is 0 Å². The van der Waals surface area contributed by atoms with Crippen LogP contribution < -0.4 is 19.5 Å². The van der Waals surface area contributed by atoms with E-state index in [0.29, 0.717) is 70.8 Å². The summed E-state index contributed by atoms with van der Waals surface area (Å²) < 4.78 is 18.2. The number of nitrogens with one attached hydrogen (secondary N) is 1. The molecule has 1 aliphatic carbocycles. The summed E-state index contributed by atoms with van der Waals surface area (Å²) in [7, 11) is 4.85. The summed E-state index contributed by atoms with van der Waals surface area (Å²) in [5.41, 5.74) is 1.40. The number of anilines is 1. The number of aliphatic hydroxyl groups is 2. The smallest absolute Gasteiger partial charge is 0.226 e. The van der Waals surface area contributed by atoms with Gasteiger partial charge in [0.2, 0.25) is 5.95 Å². The van der Waals surface area contributed by atoms with Crippen molar-refractivity contribution in [2.24, 2.45) is 0 Å². The van der Waals surface area contributed by atoms with Crippen LogP contribution in [0.2, 0.25) is 0 Å². The van der Waals surface area contributed by atoms with Crippen molar-refractivity contribution in [2.75, 3.05) is 26.6 Å². The number of methoxy groups -OCH3 is 3. The lowest BCUT2D eigenvalue weighted by Gasteiger charge is -2.41. The van der Waals surface area contributed by atoms with Crippen LogP contribution in [-0.4, -0.2) is 56.1 Å². The van der Waals surface area contributed by atoms with E-state index in [4.69, 9.17) is 29.3 Å². The second kappa shape index (κ2) is 10.4. The van der Waals surface area contributed by atoms with Gasteiger partial charge in [-0.05, 0) is 57.0 Å². The van der Waals surface area contributed by atoms with Gasteiger partial charge >= 0.3 is 0 Å². The monoisotopic (exact) mass is 570 g/mol. The largest absolute Gasteiger partial charge is 0.497 e. The Morgan fingerprint density at radius 2 is 1.79 bits per heavy atom. The topological polar surface area (TPSA) is 136 Å². The number of hydrogen-bond donors (Lipinski definition) is 3. The molecule has 1 saturated carbocycles. The molecule has 1 aliphatic rings. The maximum absolute atomic E-state index is 11.3. The van der Waals surface area contributed by atoms with Gasteiger partial charge in [-0.2, -0.15) is 4.52 Å². The van der Waals surface area contributed by atoms with Crippen molar-refractivity contribution in [1.29, 1.82) is 0 Å². The molecule has 6 rings (SSSR count). The van der Waals surface area contributed by atoms with Crippen LogP contribution in [0.4, 0.5) is 5.95 Å². The van der Waals surface area contributed by atoms with Crippen molar-refractivity contribution in [3.05, 3.63) is 77.4 Å². The van der Waals surface area contributed by atoms with Gasteiger partial charge in [0.15, 0.2) is 11.5 Å². The number of nitrogens with zero attached hydrogens (tertiary/aromatic N) is 5. The molecule has 11 nitrogen and oxygen atoms in total. The second-order valence-corrected chi connectivity index (χ2v) is 11.2. The summed E-state index contributed by atoms with van der Waals surface area (Å²) in [6.07, 6.45) is 2.48. The number of pyridine rings is 1. The van der Waals surface area contributed by atoms with Gasteiger partial charge in [-0.1, -0.05) is 12.1 Å². The van der Waals surface area contributed by atoms with E-state index in [9.17, 15) is 10.2 Å². The first-order valence-electron chi connectivity index (χ1n) is 13.7. The van der Waals surface area contributed by atoms with Crippen LogP contribution in [0.1, 0.15) is 55.3 Å². The lowest BCUT2D eigenvalue weighted by Crippen LogP contribution is -2.41. The highest BCUT2D eigenvalue weighted by atomic mass is 16.5. The minimum Gasteiger partial charge on any atom is -0.497 e. The number of aromatic nitrogens is 5. The van der Waals surface area contributed by atoms with Crippen LogP contribution in [-0.2, 0) is 17.7 Å². The molecule has 0 unspecified atom stereocenters. The quantitative estimate of drug-likeness (QED) is 0.235. The molecule has 5 aromatic rings. The van der Waals surface area contributed by atoms with E-state index >= 15 is 0 Å². The molecule has 0 spiro atoms. The Bertz CT molecular complexity index is 1760. The molecular formula is C31H34N6O5. The van der Waals surface area contributed by atoms with Gasteiger partial charge in [0, 0.05) is 41.2 Å². The molecule has 3 aromatic heterocycles. The van der Waals surface area contributed by atoms with Crippen LogP contribution in [0.3, 0.4) is 0 Å². The Kier molecular flexibility index (Phi) is 6.86. The number of para-hydroxylation sites is 1. The molecule has 3 N–H and O–H groups in total. The number of hydrogen-bond acceptors (Lipinski definition) is 10. The lowest BCUT2D eigenvalue weighted by atomic mass is 9.68. The number of benzene rings is 2. The third-order valence-electron chi connectivity index (χ3n) is 7.91. The van der Waals surface area contributed by atoms with Gasteiger partial charge in [0.05, 0.1) is 32.6 Å². The summed E-state index contributed by atoms with van der Waals surface area (Å²) in [6, 6.07) is 14.9. The van der Waals surface area contributed by atoms with E-state index < -0.39 is 11.2 Å². The Morgan fingerprint density at radius 1 is 1.00 bits per heavy atom. The standard InChI is InChI=1S/C31H34N6O5/c1-30(2,38)20-10-12-25(32-17-20)31(39)14-19(15-31)27-35-28-22-7-6-8-23(41-4)26(22)34-29(37(28)36-27)33-16-18-9-11-21(40-3)13-24(18)42-5/h6-13,17,19,38-39H,14-16H2,1-5H3,(H,33,34). The zero-order chi connectivity index (χ0) is 29.6. The normalized spacial score (nSPS) is 18.6. The third-order valence-corrected chi connectivity index (χ3v) is 7.91. The van der Waals surface area contributed by atoms with Crippen molar-refractivity contribution in [3.8, 4) is 17.2 Å². The van der Waals surface area contributed by atoms with Crippen LogP contribution in [0.5, 0.6) is 17.2 Å². The van der Waals surface area contributed by atoms with E-state index in [1.165, 1.54) is 0 Å². The Labute approximate surface area is 243 Å². The van der Waals surface area contributed by atoms with Crippen LogP contribution in [0.25, 0.3) is 16.6 Å². The molecule has 0 atom stereocenters. The van der Waals surface area contributed by atoms with E-state index in [2.05, 4.69) is 10.3 Å². The summed E-state index contributed by atoms with van der Waals surface area (Å²) >= 11 is 0. The first-order valence-corrected chi connectivity index (χ1v) is 13.7. The first-order chi connectivity index (χ1) is 20.1. The number of rotatable bonds is 9. The second-order valence-electron chi connectivity index (χ2n) is 11.2. The molecule has 0 radical (unpaired) electrons. The van der Waals surface area contributed by atoms with Crippen LogP contribution in [0.15, 0.2) is 54.7 Å². The van der Waals surface area contributed by atoms with Crippen molar-refractivity contribution in [1.82, 2.24) is 24.6 Å². The maximum atomic E-state index is 11.3. The number of ether oxygens (including phenoxy) is 3. The summed E-state index contributed by atoms with van der Waals surface area (Å²) in [6.45, 7) is 3.83. The van der Waals surface area contributed by atoms with E-state index in [0.717, 1.165) is 10.9 Å². The highest BCUT2D eigenvalue weighted by Gasteiger charge is 2.47. The fraction of sp³-hybridized carbons (Fsp3) is 0.355. The van der Waals surface area contributed by atoms with E-state index in [-0.39, 0.29) is 5.92 Å². The molecule has 0 saturated heterocycles. The predicted molar refractivity (Wildman–Crippen MR) is 157 cm³/mol. The fourth-order valence-corrected chi connectivity index (χ4v) is 5.42. The molecule has 218 valence electrons. The van der Waals surface area contributed by atoms with Gasteiger partial charge in [-0.3, -0.25) is 4.98 Å². The summed E-state index contributed by atoms with van der Waals surface area (Å²) in [4.78, 5) is 14.3. The average molecular weight is 571 g/mol. The van der Waals surface area contributed by atoms with E-state index in [1.807, 2.05) is 36.4 Å². The molecule has 11 heteroatoms. The average Bonchev–Trinajstić information content (AvgIpc) is 3.43. The predicted octanol–water partition coefficient (Wildman–Crippen LogP) is 4.30. The molecular weight excluding hydrogens is 536 g/mol. The summed E-state index contributed by atoms with van der Waals surface area (Å²) in [5, 5.41) is 30.6. The lowest BCUT2D eigenvalue weighted by molar-refractivity contribution is -0.0606. The molecule has 0 aliphatic heterocycles. The van der Waals surface area contributed by atoms with Gasteiger partial charge in [0.1, 0.15) is 28.4 Å². The molecule has 0 bridgehead atoms. The van der Waals surface area contributed by atoms with Crippen LogP contribution >= 0.6 is 0 Å². The molecule has 0 amide bonds. The van der Waals surface area contributed by atoms with Crippen LogP contribution in [0, 0.1) is 0 Å². The Morgan fingerprint density at radius 3 is 2.45 bits per heavy atom. The highest BCUT2D eigenvalue weighted by Crippen LogP contribution is 2.49. The number of fused-ring (bicyclic) bond motifs is 3. The van der Waals surface area contributed by atoms with Gasteiger partial charge in [-0.15, -0.1) is 5.10 Å². The molecule has 3 heterocycles.